The Morgan fingerprint density at radius 2 is 1.58 bits per heavy atom. The van der Waals surface area contributed by atoms with Gasteiger partial charge in [-0.2, -0.15) is 8.42 Å². The quantitative estimate of drug-likeness (QED) is 0.0541. The molecule has 3 fully saturated rings. The Bertz CT molecular complexity index is 2490. The van der Waals surface area contributed by atoms with Crippen LogP contribution >= 0.6 is 0 Å². The number of rotatable bonds is 18. The van der Waals surface area contributed by atoms with Crippen molar-refractivity contribution in [2.24, 2.45) is 23.7 Å². The second-order valence-electron chi connectivity index (χ2n) is 22.3. The van der Waals surface area contributed by atoms with E-state index in [0.717, 1.165) is 16.4 Å². The van der Waals surface area contributed by atoms with Crippen molar-refractivity contribution in [1.29, 1.82) is 0 Å². The van der Waals surface area contributed by atoms with Crippen molar-refractivity contribution in [2.75, 3.05) is 53.0 Å². The highest BCUT2D eigenvalue weighted by Gasteiger charge is 2.55. The topological polar surface area (TPSA) is 303 Å². The van der Waals surface area contributed by atoms with Gasteiger partial charge in [-0.15, -0.1) is 0 Å². The normalized spacial score (nSPS) is 37.5. The molecule has 3 aliphatic rings. The van der Waals surface area contributed by atoms with Gasteiger partial charge in [-0.05, 0) is 112 Å². The number of carbonyl (C=O) groups excluding carboxylic acids is 2. The first-order valence-corrected chi connectivity index (χ1v) is 27.9. The smallest absolute Gasteiger partial charge is 0.341 e. The van der Waals surface area contributed by atoms with Crippen LogP contribution in [0.25, 0.3) is 10.9 Å². The van der Waals surface area contributed by atoms with Crippen molar-refractivity contribution in [2.45, 2.75) is 192 Å². The number of nitrogen functional groups attached to an aromatic ring is 1. The summed E-state index contributed by atoms with van der Waals surface area (Å²) >= 11 is 0. The zero-order chi connectivity index (χ0) is 57.0. The largest absolute Gasteiger partial charge is 0.477 e. The van der Waals surface area contributed by atoms with Crippen molar-refractivity contribution in [1.82, 2.24) is 14.9 Å². The zero-order valence-corrected chi connectivity index (χ0v) is 47.5. The number of methoxy groups -OCH3 is 2. The molecule has 0 saturated carbocycles. The number of hydrogen-bond donors (Lipinski definition) is 6. The summed E-state index contributed by atoms with van der Waals surface area (Å²) < 4.78 is 79.1. The summed E-state index contributed by atoms with van der Waals surface area (Å²) in [7, 11) is 2.36. The third-order valence-electron chi connectivity index (χ3n) is 16.2. The number of aliphatic hydroxyl groups excluding tert-OH is 2. The van der Waals surface area contributed by atoms with E-state index in [9.17, 15) is 48.0 Å². The molecule has 1 aromatic carbocycles. The first-order chi connectivity index (χ1) is 35.4. The van der Waals surface area contributed by atoms with E-state index in [4.69, 9.17) is 43.2 Å². The number of Topliss-reactive ketones (excluding diaryl/α,β-unsaturated/α-hetero) is 1. The van der Waals surface area contributed by atoms with E-state index in [1.165, 1.54) is 28.1 Å². The van der Waals surface area contributed by atoms with E-state index in [0.29, 0.717) is 31.3 Å². The van der Waals surface area contributed by atoms with E-state index in [1.807, 2.05) is 25.9 Å². The van der Waals surface area contributed by atoms with Gasteiger partial charge in [0.2, 0.25) is 5.43 Å². The number of nitrogens with two attached hydrogens (primary N) is 1. The molecule has 0 aliphatic carbocycles. The molecule has 3 aliphatic heterocycles. The first-order valence-electron chi connectivity index (χ1n) is 26.4. The number of ether oxygens (including phenoxy) is 7. The number of aromatic carboxylic acids is 1. The van der Waals surface area contributed by atoms with Gasteiger partial charge in [-0.25, -0.2) is 4.79 Å². The molecule has 0 unspecified atom stereocenters. The summed E-state index contributed by atoms with van der Waals surface area (Å²) in [6.45, 7) is 17.0. The van der Waals surface area contributed by atoms with Crippen LogP contribution in [0.2, 0.25) is 0 Å². The van der Waals surface area contributed by atoms with Crippen LogP contribution in [0.3, 0.4) is 0 Å². The van der Waals surface area contributed by atoms with Crippen LogP contribution in [-0.4, -0.2) is 188 Å². The van der Waals surface area contributed by atoms with Gasteiger partial charge in [-0.1, -0.05) is 33.8 Å². The highest BCUT2D eigenvalue weighted by molar-refractivity contribution is 7.86. The summed E-state index contributed by atoms with van der Waals surface area (Å²) in [5, 5.41) is 47.9. The highest BCUT2D eigenvalue weighted by atomic mass is 32.2. The molecule has 432 valence electrons. The average molecular weight is 1100 g/mol. The van der Waals surface area contributed by atoms with Gasteiger partial charge in [-0.3, -0.25) is 23.2 Å². The lowest BCUT2D eigenvalue weighted by Crippen LogP contribution is -2.62. The molecule has 18 atom stereocenters. The van der Waals surface area contributed by atoms with Gasteiger partial charge >= 0.3 is 11.9 Å². The number of esters is 1. The molecule has 76 heavy (non-hydrogen) atoms. The first kappa shape index (κ1) is 63.1. The van der Waals surface area contributed by atoms with E-state index in [1.54, 1.807) is 66.7 Å². The lowest BCUT2D eigenvalue weighted by Gasteiger charge is -2.50. The van der Waals surface area contributed by atoms with Crippen LogP contribution in [-0.2, 0) is 63.5 Å². The molecule has 7 N–H and O–H groups in total. The summed E-state index contributed by atoms with van der Waals surface area (Å²) in [4.78, 5) is 55.0. The number of cyclic esters (lactones) is 1. The maximum atomic E-state index is 14.6. The number of carboxylic acids is 1. The summed E-state index contributed by atoms with van der Waals surface area (Å²) in [6, 6.07) is 4.67. The lowest BCUT2D eigenvalue weighted by atomic mass is 9.74. The van der Waals surface area contributed by atoms with Gasteiger partial charge in [0, 0.05) is 62.6 Å². The number of carboxylic acid groups (broad SMARTS) is 1. The van der Waals surface area contributed by atoms with Crippen molar-refractivity contribution in [3.8, 4) is 0 Å². The van der Waals surface area contributed by atoms with Gasteiger partial charge in [0.05, 0.1) is 58.9 Å². The van der Waals surface area contributed by atoms with Crippen LogP contribution in [0, 0.1) is 23.7 Å². The van der Waals surface area contributed by atoms with Crippen LogP contribution in [0.5, 0.6) is 0 Å². The predicted molar refractivity (Wildman–Crippen MR) is 280 cm³/mol. The Balaban J connectivity index is 1.38. The minimum Gasteiger partial charge on any atom is -0.477 e. The molecule has 0 bridgehead atoms. The number of benzene rings is 1. The second-order valence-corrected chi connectivity index (χ2v) is 24.0. The fourth-order valence-electron chi connectivity index (χ4n) is 11.4. The van der Waals surface area contributed by atoms with E-state index in [2.05, 4.69) is 5.32 Å². The van der Waals surface area contributed by atoms with E-state index < -0.39 is 135 Å². The van der Waals surface area contributed by atoms with Crippen molar-refractivity contribution >= 4 is 38.7 Å². The zero-order valence-electron chi connectivity index (χ0n) is 46.7. The number of nitrogens with zero attached hydrogens (tertiary/aromatic N) is 2. The molecule has 1 aromatic heterocycles. The Hall–Kier alpha value is -3.69. The molecule has 4 heterocycles. The third-order valence-corrected chi connectivity index (χ3v) is 17.4. The Labute approximate surface area is 447 Å². The van der Waals surface area contributed by atoms with Crippen molar-refractivity contribution in [3.05, 3.63) is 45.7 Å². The molecular weight excluding hydrogens is 1010 g/mol. The lowest BCUT2D eigenvalue weighted by molar-refractivity contribution is -0.317. The van der Waals surface area contributed by atoms with E-state index in [-0.39, 0.29) is 49.1 Å². The fraction of sp³-hybridized carbons (Fsp3) is 0.774. The number of aryl methyl sites for hydroxylation is 1. The van der Waals surface area contributed by atoms with Gasteiger partial charge in [0.1, 0.15) is 35.3 Å². The van der Waals surface area contributed by atoms with Crippen molar-refractivity contribution < 1.29 is 80.6 Å². The van der Waals surface area contributed by atoms with Gasteiger partial charge < -0.3 is 69.6 Å². The van der Waals surface area contributed by atoms with Crippen LogP contribution in [0.15, 0.2) is 29.2 Å². The van der Waals surface area contributed by atoms with Gasteiger partial charge in [0.15, 0.2) is 12.6 Å². The molecule has 0 radical (unpaired) electrons. The number of nitrogens with one attached hydrogen (secondary N) is 1. The average Bonchev–Trinajstić information content (AvgIpc) is 3.36. The molecule has 0 amide bonds. The highest BCUT2D eigenvalue weighted by Crippen LogP contribution is 2.42. The molecule has 2 aromatic rings. The number of pyridine rings is 1. The van der Waals surface area contributed by atoms with Crippen molar-refractivity contribution in [3.63, 3.8) is 0 Å². The number of hydrogen-bond acceptors (Lipinski definition) is 20. The van der Waals surface area contributed by atoms with Crippen LogP contribution in [0.4, 0.5) is 0 Å². The van der Waals surface area contributed by atoms with E-state index >= 15 is 0 Å². The minimum atomic E-state index is -4.21. The molecule has 5 rings (SSSR count). The number of aromatic nitrogens is 1. The Morgan fingerprint density at radius 3 is 2.18 bits per heavy atom. The SMILES string of the molecule is CC[C@H]1OC(=O)[C@H](C)[C@@H](O[C@H]2C[C@@](C)(OC)[C@@H](OS(=O)(=O)CCNCCCc3ccc4c(c3)c(=O)c(C(=O)O)cn4N)[C@H](C)O2)[C@H](C)[C@@H](O[C@@H]2O[C@H](C)C[C@H](N(C)C)[C@H]2O)[C@](C)(OC)C[C@@H](C)C(=O)[C@H](C)[C@@H](O)[C@]1(C)O. The number of ketones is 1. The molecule has 23 heteroatoms. The fourth-order valence-corrected chi connectivity index (χ4v) is 12.6. The maximum Gasteiger partial charge on any atom is 0.341 e. The monoisotopic (exact) mass is 1100 g/mol. The molecule has 3 saturated heterocycles. The summed E-state index contributed by atoms with van der Waals surface area (Å²) in [5.74, 6) is -0.903. The standard InChI is InChI=1S/C53H86N4O18S/c1-15-39-53(10,65)45(61)30(4)41(58)28(2)25-51(8,68-13)46(74-50-43(60)38(56(11)12)23-29(3)70-50)31(5)44(32(6)49(64)72-39)73-40-26-52(9,69-14)47(33(7)71-40)75-76(66,67)22-21-55-20-16-17-34-18-19-37-35(24-34)42(59)36(48(62)63)27-57(37)54/h18-19,24,27-33,38-40,43-47,50,55,60-61,65H,15-17,20-23,25-26,54H2,1-14H3,(H,62,63)/t28-,29-,30+,31+,32-,33+,38+,39-,40+,43-,44+,45-,46-,47+,50+,51-,52-,53-/m1/s1. The third kappa shape index (κ3) is 14.2. The molecule has 0 spiro atoms. The number of aliphatic hydroxyl groups is 3. The molecular formula is C53H86N4O18S. The Morgan fingerprint density at radius 1 is 0.934 bits per heavy atom. The summed E-state index contributed by atoms with van der Waals surface area (Å²) in [6.07, 6.45) is -8.48. The Kier molecular flexibility index (Phi) is 21.3. The predicted octanol–water partition coefficient (Wildman–Crippen LogP) is 2.74. The maximum absolute atomic E-state index is 14.6. The number of carbonyl (C=O) groups is 3. The second kappa shape index (κ2) is 25.6. The molecule has 22 nitrogen and oxygen atoms in total. The number of fused-ring (bicyclic) bond motifs is 1. The van der Waals surface area contributed by atoms with Crippen LogP contribution < -0.4 is 16.6 Å². The minimum absolute atomic E-state index is 0.0277. The van der Waals surface area contributed by atoms with Gasteiger partial charge in [0.25, 0.3) is 10.1 Å². The number of likely N-dealkylation sites (N-methyl/N-ethyl adjacent to an activating group) is 1. The summed E-state index contributed by atoms with van der Waals surface area (Å²) in [5.41, 5.74) is -4.71. The van der Waals surface area contributed by atoms with Crippen LogP contribution in [0.1, 0.15) is 117 Å².